The summed E-state index contributed by atoms with van der Waals surface area (Å²) in [6, 6.07) is 7.50. The number of hydrogen-bond acceptors (Lipinski definition) is 8. The van der Waals surface area contributed by atoms with E-state index in [1.54, 1.807) is 12.1 Å². The first-order valence-electron chi connectivity index (χ1n) is 9.31. The number of carbonyl (C=O) groups is 2. The van der Waals surface area contributed by atoms with Crippen LogP contribution in [0.4, 0.5) is 11.4 Å². The van der Waals surface area contributed by atoms with E-state index < -0.39 is 27.7 Å². The summed E-state index contributed by atoms with van der Waals surface area (Å²) < 4.78 is 47.0. The molecule has 0 saturated carbocycles. The van der Waals surface area contributed by atoms with Crippen molar-refractivity contribution in [2.45, 2.75) is 0 Å². The van der Waals surface area contributed by atoms with Crippen molar-refractivity contribution in [2.24, 2.45) is 0 Å². The number of carboxylic acid groups (broad SMARTS) is 1. The highest BCUT2D eigenvalue weighted by atomic mass is 32.2. The van der Waals surface area contributed by atoms with Crippen molar-refractivity contribution in [2.75, 3.05) is 44.2 Å². The molecule has 0 heterocycles. The van der Waals surface area contributed by atoms with E-state index >= 15 is 0 Å². The zero-order valence-corrected chi connectivity index (χ0v) is 19.2. The van der Waals surface area contributed by atoms with Crippen LogP contribution in [0, 0.1) is 0 Å². The van der Waals surface area contributed by atoms with E-state index in [2.05, 4.69) is 10.0 Å². The fourth-order valence-electron chi connectivity index (χ4n) is 2.77. The first-order chi connectivity index (χ1) is 15.6. The Bertz CT molecular complexity index is 1140. The van der Waals surface area contributed by atoms with E-state index in [0.29, 0.717) is 22.8 Å². The second kappa shape index (κ2) is 11.1. The lowest BCUT2D eigenvalue weighted by Gasteiger charge is -2.13. The third-order valence-electron chi connectivity index (χ3n) is 4.20. The number of benzene rings is 2. The lowest BCUT2D eigenvalue weighted by molar-refractivity contribution is -0.134. The fourth-order valence-corrected chi connectivity index (χ4v) is 3.66. The molecule has 0 aromatic heterocycles. The Labute approximate surface area is 191 Å². The number of amides is 1. The quantitative estimate of drug-likeness (QED) is 0.411. The van der Waals surface area contributed by atoms with E-state index in [0.717, 1.165) is 0 Å². The molecule has 12 heteroatoms. The predicted octanol–water partition coefficient (Wildman–Crippen LogP) is 2.20. The Morgan fingerprint density at radius 2 is 1.55 bits per heavy atom. The average molecular weight is 480 g/mol. The molecule has 1 amide bonds. The molecule has 0 spiro atoms. The van der Waals surface area contributed by atoms with Gasteiger partial charge in [-0.3, -0.25) is 14.3 Å². The molecule has 0 aliphatic rings. The average Bonchev–Trinajstić information content (AvgIpc) is 2.75. The smallest absolute Gasteiger partial charge is 0.320 e. The minimum Gasteiger partial charge on any atom is -0.496 e. The highest BCUT2D eigenvalue weighted by Crippen LogP contribution is 2.35. The molecule has 0 fully saturated rings. The number of rotatable bonds is 11. The molecular weight excluding hydrogens is 456 g/mol. The van der Waals surface area contributed by atoms with Gasteiger partial charge in [0, 0.05) is 23.9 Å². The molecule has 178 valence electrons. The zero-order chi connectivity index (χ0) is 24.6. The normalized spacial score (nSPS) is 11.0. The lowest BCUT2D eigenvalue weighted by atomic mass is 10.1. The van der Waals surface area contributed by atoms with Crippen LogP contribution in [0.25, 0.3) is 6.08 Å². The van der Waals surface area contributed by atoms with Crippen LogP contribution in [-0.4, -0.2) is 59.6 Å². The Morgan fingerprint density at radius 3 is 2.06 bits per heavy atom. The topological polar surface area (TPSA) is 149 Å². The number of sulfonamides is 1. The molecular formula is C21H24N2O9S. The van der Waals surface area contributed by atoms with Gasteiger partial charge in [-0.2, -0.15) is 0 Å². The van der Waals surface area contributed by atoms with E-state index in [-0.39, 0.29) is 17.1 Å². The molecule has 11 nitrogen and oxygen atoms in total. The van der Waals surface area contributed by atoms with Gasteiger partial charge < -0.3 is 29.4 Å². The van der Waals surface area contributed by atoms with Crippen molar-refractivity contribution in [1.82, 2.24) is 0 Å². The molecule has 33 heavy (non-hydrogen) atoms. The van der Waals surface area contributed by atoms with Crippen LogP contribution in [0.3, 0.4) is 0 Å². The van der Waals surface area contributed by atoms with Gasteiger partial charge in [-0.1, -0.05) is 0 Å². The van der Waals surface area contributed by atoms with Gasteiger partial charge in [0.25, 0.3) is 0 Å². The van der Waals surface area contributed by atoms with Crippen molar-refractivity contribution >= 4 is 39.4 Å². The number of methoxy groups -OCH3 is 4. The van der Waals surface area contributed by atoms with Crippen molar-refractivity contribution in [3.8, 4) is 23.0 Å². The third-order valence-corrected chi connectivity index (χ3v) is 5.36. The molecule has 2 aromatic rings. The molecule has 0 aliphatic carbocycles. The summed E-state index contributed by atoms with van der Waals surface area (Å²) in [6.07, 6.45) is 2.73. The van der Waals surface area contributed by atoms with E-state index in [9.17, 15) is 18.0 Å². The molecule has 2 rings (SSSR count). The van der Waals surface area contributed by atoms with Crippen LogP contribution in [0.15, 0.2) is 36.4 Å². The Hall–Kier alpha value is -3.93. The van der Waals surface area contributed by atoms with Gasteiger partial charge >= 0.3 is 5.97 Å². The number of carbonyl (C=O) groups excluding carboxylic acids is 1. The van der Waals surface area contributed by atoms with Gasteiger partial charge in [-0.05, 0) is 24.3 Å². The van der Waals surface area contributed by atoms with Gasteiger partial charge in [0.1, 0.15) is 23.0 Å². The Morgan fingerprint density at radius 1 is 0.939 bits per heavy atom. The van der Waals surface area contributed by atoms with Crippen LogP contribution in [0.5, 0.6) is 23.0 Å². The van der Waals surface area contributed by atoms with Crippen LogP contribution in [0.2, 0.25) is 0 Å². The molecule has 0 atom stereocenters. The molecule has 0 aliphatic heterocycles. The summed E-state index contributed by atoms with van der Waals surface area (Å²) >= 11 is 0. The first-order valence-corrected chi connectivity index (χ1v) is 11.0. The summed E-state index contributed by atoms with van der Waals surface area (Å²) in [5.74, 6) is -1.66. The first kappa shape index (κ1) is 25.3. The fraction of sp³-hybridized carbons (Fsp3) is 0.238. The number of nitrogens with one attached hydrogen (secondary N) is 2. The van der Waals surface area contributed by atoms with Crippen LogP contribution in [0.1, 0.15) is 5.56 Å². The van der Waals surface area contributed by atoms with Crippen molar-refractivity contribution in [3.63, 3.8) is 0 Å². The maximum absolute atomic E-state index is 12.5. The lowest BCUT2D eigenvalue weighted by Crippen LogP contribution is -2.22. The summed E-state index contributed by atoms with van der Waals surface area (Å²) in [6.45, 7) is 0. The number of aliphatic carboxylic acids is 1. The largest absolute Gasteiger partial charge is 0.496 e. The second-order valence-corrected chi connectivity index (χ2v) is 8.16. The Balaban J connectivity index is 2.26. The summed E-state index contributed by atoms with van der Waals surface area (Å²) in [4.78, 5) is 23.2. The third kappa shape index (κ3) is 7.04. The number of carboxylic acids is 1. The van der Waals surface area contributed by atoms with Crippen LogP contribution >= 0.6 is 0 Å². The Kier molecular flexibility index (Phi) is 8.51. The molecule has 0 bridgehead atoms. The van der Waals surface area contributed by atoms with Crippen molar-refractivity contribution in [3.05, 3.63) is 42.0 Å². The monoisotopic (exact) mass is 480 g/mol. The molecule has 3 N–H and O–H groups in total. The SMILES string of the molecule is COc1cc(OC)c(/C=C/C(=O)Nc2ccc(OC)c(NS(=O)(=O)CC(=O)O)c2)c(OC)c1. The maximum Gasteiger partial charge on any atom is 0.320 e. The maximum atomic E-state index is 12.5. The zero-order valence-electron chi connectivity index (χ0n) is 18.4. The summed E-state index contributed by atoms with van der Waals surface area (Å²) in [5, 5.41) is 11.3. The molecule has 0 unspecified atom stereocenters. The van der Waals surface area contributed by atoms with E-state index in [1.165, 1.54) is 58.8 Å². The van der Waals surface area contributed by atoms with Crippen LogP contribution in [-0.2, 0) is 19.6 Å². The van der Waals surface area contributed by atoms with Crippen LogP contribution < -0.4 is 29.0 Å². The van der Waals surface area contributed by atoms with Gasteiger partial charge in [0.15, 0.2) is 5.75 Å². The van der Waals surface area contributed by atoms with Crippen molar-refractivity contribution in [1.29, 1.82) is 0 Å². The summed E-state index contributed by atoms with van der Waals surface area (Å²) in [5.41, 5.74) is 0.721. The van der Waals surface area contributed by atoms with Gasteiger partial charge in [-0.25, -0.2) is 8.42 Å². The van der Waals surface area contributed by atoms with Gasteiger partial charge in [0.2, 0.25) is 15.9 Å². The van der Waals surface area contributed by atoms with E-state index in [1.807, 2.05) is 0 Å². The molecule has 2 aromatic carbocycles. The predicted molar refractivity (Wildman–Crippen MR) is 122 cm³/mol. The highest BCUT2D eigenvalue weighted by molar-refractivity contribution is 7.93. The molecule has 0 saturated heterocycles. The minimum atomic E-state index is -4.17. The number of hydrogen-bond donors (Lipinski definition) is 3. The van der Waals surface area contributed by atoms with E-state index in [4.69, 9.17) is 24.1 Å². The second-order valence-electron chi connectivity index (χ2n) is 6.44. The molecule has 0 radical (unpaired) electrons. The van der Waals surface area contributed by atoms with Crippen molar-refractivity contribution < 1.29 is 42.1 Å². The number of ether oxygens (including phenoxy) is 4. The summed E-state index contributed by atoms with van der Waals surface area (Å²) in [7, 11) is 1.59. The number of anilines is 2. The van der Waals surface area contributed by atoms with Gasteiger partial charge in [-0.15, -0.1) is 0 Å². The standard InChI is InChI=1S/C21H24N2O9S/c1-29-14-10-18(31-3)15(19(11-14)32-4)6-8-20(24)22-13-5-7-17(30-2)16(9-13)23-33(27,28)12-21(25)26/h5-11,23H,12H2,1-4H3,(H,22,24)(H,25,26)/b8-6+. The highest BCUT2D eigenvalue weighted by Gasteiger charge is 2.18. The minimum absolute atomic E-state index is 0.0287. The van der Waals surface area contributed by atoms with Gasteiger partial charge in [0.05, 0.1) is 39.7 Å².